The van der Waals surface area contributed by atoms with Gasteiger partial charge >= 0.3 is 0 Å². The van der Waals surface area contributed by atoms with Gasteiger partial charge in [0.25, 0.3) is 0 Å². The molecule has 0 aromatic heterocycles. The first kappa shape index (κ1) is 20.8. The van der Waals surface area contributed by atoms with Gasteiger partial charge in [-0.05, 0) is 50.6 Å². The van der Waals surface area contributed by atoms with Crippen LogP contribution in [-0.2, 0) is 22.7 Å². The number of hydrogen-bond donors (Lipinski definition) is 1. The first-order valence-corrected chi connectivity index (χ1v) is 9.94. The average Bonchev–Trinajstić information content (AvgIpc) is 2.61. The molecule has 3 nitrogen and oxygen atoms in total. The third-order valence-corrected chi connectivity index (χ3v) is 5.30. The number of rotatable bonds is 6. The first-order chi connectivity index (χ1) is 12.3. The van der Waals surface area contributed by atoms with E-state index >= 15 is 0 Å². The molecular formula is C21H24ClNO2S. The first-order valence-electron chi connectivity index (χ1n) is 8.41. The van der Waals surface area contributed by atoms with Crippen LogP contribution in [0, 0.1) is 11.8 Å². The van der Waals surface area contributed by atoms with E-state index in [2.05, 4.69) is 16.6 Å². The van der Waals surface area contributed by atoms with E-state index in [1.54, 1.807) is 12.1 Å². The lowest BCUT2D eigenvalue weighted by Crippen LogP contribution is -2.45. The van der Waals surface area contributed by atoms with Crippen LogP contribution < -0.4 is 4.72 Å². The van der Waals surface area contributed by atoms with Crippen LogP contribution in [0.3, 0.4) is 0 Å². The van der Waals surface area contributed by atoms with Crippen LogP contribution in [0.2, 0.25) is 5.02 Å². The van der Waals surface area contributed by atoms with Crippen molar-refractivity contribution in [2.75, 3.05) is 6.61 Å². The van der Waals surface area contributed by atoms with Gasteiger partial charge in [0.15, 0.2) is 0 Å². The number of ether oxygens (including phenoxy) is 1. The molecule has 2 aromatic rings. The molecule has 0 saturated carbocycles. The van der Waals surface area contributed by atoms with Crippen LogP contribution in [0.1, 0.15) is 31.9 Å². The van der Waals surface area contributed by atoms with Gasteiger partial charge in [-0.25, -0.2) is 0 Å². The largest absolute Gasteiger partial charge is 0.598 e. The third-order valence-electron chi connectivity index (χ3n) is 3.44. The number of halogens is 1. The molecule has 5 heteroatoms. The van der Waals surface area contributed by atoms with Crippen molar-refractivity contribution in [1.29, 1.82) is 0 Å². The van der Waals surface area contributed by atoms with E-state index in [1.165, 1.54) is 0 Å². The van der Waals surface area contributed by atoms with Gasteiger partial charge in [-0.1, -0.05) is 53.8 Å². The van der Waals surface area contributed by atoms with Gasteiger partial charge in [0.05, 0.1) is 13.2 Å². The molecule has 1 N–H and O–H groups in total. The van der Waals surface area contributed by atoms with Crippen LogP contribution in [0.5, 0.6) is 0 Å². The van der Waals surface area contributed by atoms with E-state index in [0.29, 0.717) is 18.2 Å². The molecule has 2 rings (SSSR count). The van der Waals surface area contributed by atoms with Crippen molar-refractivity contribution in [3.63, 3.8) is 0 Å². The van der Waals surface area contributed by atoms with E-state index in [-0.39, 0.29) is 10.8 Å². The van der Waals surface area contributed by atoms with Gasteiger partial charge < -0.3 is 9.29 Å². The summed E-state index contributed by atoms with van der Waals surface area (Å²) < 4.78 is 20.9. The molecule has 2 atom stereocenters. The monoisotopic (exact) mass is 389 g/mol. The molecule has 0 saturated heterocycles. The molecule has 0 fully saturated rings. The van der Waals surface area contributed by atoms with Gasteiger partial charge in [0.1, 0.15) is 10.8 Å². The molecule has 0 aliphatic carbocycles. The zero-order valence-corrected chi connectivity index (χ0v) is 16.9. The Kier molecular flexibility index (Phi) is 8.02. The summed E-state index contributed by atoms with van der Waals surface area (Å²) in [6.45, 7) is 6.60. The van der Waals surface area contributed by atoms with Crippen molar-refractivity contribution in [3.05, 3.63) is 70.7 Å². The highest BCUT2D eigenvalue weighted by Crippen LogP contribution is 2.14. The van der Waals surface area contributed by atoms with Gasteiger partial charge in [0, 0.05) is 21.9 Å². The topological polar surface area (TPSA) is 44.3 Å². The lowest BCUT2D eigenvalue weighted by Gasteiger charge is -2.26. The summed E-state index contributed by atoms with van der Waals surface area (Å²) in [6, 6.07) is 16.9. The molecule has 0 bridgehead atoms. The second kappa shape index (κ2) is 10.0. The zero-order chi connectivity index (χ0) is 19.0. The molecule has 0 spiro atoms. The highest BCUT2D eigenvalue weighted by Gasteiger charge is 2.28. The lowest BCUT2D eigenvalue weighted by atomic mass is 10.2. The summed E-state index contributed by atoms with van der Waals surface area (Å²) in [6.07, 6.45) is 0. The molecule has 0 amide bonds. The Morgan fingerprint density at radius 2 is 1.77 bits per heavy atom. The van der Waals surface area contributed by atoms with Crippen molar-refractivity contribution >= 4 is 23.0 Å². The van der Waals surface area contributed by atoms with Crippen LogP contribution in [-0.4, -0.2) is 21.9 Å². The Hall–Kier alpha value is -1.48. The van der Waals surface area contributed by atoms with E-state index < -0.39 is 11.4 Å². The Morgan fingerprint density at radius 1 is 1.12 bits per heavy atom. The van der Waals surface area contributed by atoms with Gasteiger partial charge in [0.2, 0.25) is 0 Å². The Bertz CT molecular complexity index is 733. The summed E-state index contributed by atoms with van der Waals surface area (Å²) in [5, 5.41) is 0.672. The molecule has 0 radical (unpaired) electrons. The normalized spacial score (nSPS) is 13.6. The minimum atomic E-state index is -1.23. The fraction of sp³-hybridized carbons (Fsp3) is 0.333. The molecule has 0 aliphatic rings. The average molecular weight is 390 g/mol. The Balaban J connectivity index is 2.02. The molecule has 26 heavy (non-hydrogen) atoms. The summed E-state index contributed by atoms with van der Waals surface area (Å²) in [4.78, 5) is 0. The van der Waals surface area contributed by atoms with Crippen molar-refractivity contribution < 1.29 is 9.29 Å². The minimum Gasteiger partial charge on any atom is -0.598 e. The second-order valence-corrected chi connectivity index (χ2v) is 9.26. The van der Waals surface area contributed by atoms with Gasteiger partial charge in [-0.2, -0.15) is 0 Å². The van der Waals surface area contributed by atoms with E-state index in [9.17, 15) is 4.55 Å². The summed E-state index contributed by atoms with van der Waals surface area (Å²) in [5.41, 5.74) is 1.94. The molecule has 0 heterocycles. The quantitative estimate of drug-likeness (QED) is 0.590. The maximum Gasteiger partial charge on any atom is 0.137 e. The maximum absolute atomic E-state index is 12.4. The second-order valence-electron chi connectivity index (χ2n) is 6.83. The van der Waals surface area contributed by atoms with Crippen molar-refractivity contribution in [2.45, 2.75) is 38.2 Å². The summed E-state index contributed by atoms with van der Waals surface area (Å²) in [5.74, 6) is 6.21. The smallest absolute Gasteiger partial charge is 0.137 e. The number of nitrogens with one attached hydrogen (secondary N) is 1. The number of hydrogen-bond acceptors (Lipinski definition) is 3. The van der Waals surface area contributed by atoms with Crippen molar-refractivity contribution in [2.24, 2.45) is 0 Å². The predicted octanol–water partition coefficient (Wildman–Crippen LogP) is 4.33. The van der Waals surface area contributed by atoms with Crippen LogP contribution in [0.15, 0.2) is 54.6 Å². The molecular weight excluding hydrogens is 366 g/mol. The predicted molar refractivity (Wildman–Crippen MR) is 109 cm³/mol. The summed E-state index contributed by atoms with van der Waals surface area (Å²) >= 11 is 4.67. The molecule has 138 valence electrons. The Morgan fingerprint density at radius 3 is 2.38 bits per heavy atom. The molecule has 1 unspecified atom stereocenters. The zero-order valence-electron chi connectivity index (χ0n) is 15.3. The summed E-state index contributed by atoms with van der Waals surface area (Å²) in [7, 11) is 0. The standard InChI is InChI=1S/C21H24ClNO2S/c1-21(2,3)26(24)23-20(14-11-17-9-12-19(22)13-10-17)16-25-15-18-7-5-4-6-8-18/h4-10,12-13,20,23H,15-16H2,1-3H3/t20-,26?/m1/s1. The van der Waals surface area contributed by atoms with E-state index in [0.717, 1.165) is 11.1 Å². The highest BCUT2D eigenvalue weighted by atomic mass is 35.5. The highest BCUT2D eigenvalue weighted by molar-refractivity contribution is 7.90. The molecule has 0 aliphatic heterocycles. The SMILES string of the molecule is CC(C)(C)[S+]([O-])N[C@H](C#Cc1ccc(Cl)cc1)COCc1ccccc1. The fourth-order valence-electron chi connectivity index (χ4n) is 1.98. The molecule has 2 aromatic carbocycles. The van der Waals surface area contributed by atoms with Crippen molar-refractivity contribution in [3.8, 4) is 11.8 Å². The van der Waals surface area contributed by atoms with Crippen LogP contribution >= 0.6 is 11.6 Å². The number of benzene rings is 2. The van der Waals surface area contributed by atoms with Crippen molar-refractivity contribution in [1.82, 2.24) is 4.72 Å². The third kappa shape index (κ3) is 7.41. The van der Waals surface area contributed by atoms with Crippen LogP contribution in [0.25, 0.3) is 0 Å². The fourth-order valence-corrected chi connectivity index (χ4v) is 2.85. The van der Waals surface area contributed by atoms with E-state index in [1.807, 2.05) is 63.2 Å². The van der Waals surface area contributed by atoms with Gasteiger partial charge in [-0.15, -0.1) is 4.72 Å². The van der Waals surface area contributed by atoms with Crippen LogP contribution in [0.4, 0.5) is 0 Å². The lowest BCUT2D eigenvalue weighted by molar-refractivity contribution is 0.115. The van der Waals surface area contributed by atoms with E-state index in [4.69, 9.17) is 16.3 Å². The maximum atomic E-state index is 12.4. The van der Waals surface area contributed by atoms with Gasteiger partial charge in [-0.3, -0.25) is 0 Å². The Labute approximate surface area is 164 Å². The minimum absolute atomic E-state index is 0.338.